The van der Waals surface area contributed by atoms with E-state index in [0.29, 0.717) is 35.2 Å². The van der Waals surface area contributed by atoms with Crippen molar-refractivity contribution in [2.75, 3.05) is 20.8 Å². The maximum Gasteiger partial charge on any atom is 0.232 e. The van der Waals surface area contributed by atoms with Crippen LogP contribution in [0.5, 0.6) is 23.0 Å². The summed E-state index contributed by atoms with van der Waals surface area (Å²) in [5, 5.41) is 0. The molecule has 0 saturated carbocycles. The van der Waals surface area contributed by atoms with Crippen molar-refractivity contribution < 1.29 is 23.7 Å². The summed E-state index contributed by atoms with van der Waals surface area (Å²) in [7, 11) is 3.16. The number of hydrogen-bond acceptors (Lipinski definition) is 5. The van der Waals surface area contributed by atoms with Crippen molar-refractivity contribution >= 4 is 11.9 Å². The third kappa shape index (κ3) is 4.03. The normalized spacial score (nSPS) is 13.8. The number of Topliss-reactive ketones (excluding diaryl/α,β-unsaturated/α-hetero) is 1. The fraction of sp³-hybridized carbons (Fsp3) is 0.261. The number of ketones is 1. The molecule has 5 heteroatoms. The predicted octanol–water partition coefficient (Wildman–Crippen LogP) is 4.97. The van der Waals surface area contributed by atoms with Gasteiger partial charge in [0.15, 0.2) is 5.76 Å². The van der Waals surface area contributed by atoms with E-state index in [4.69, 9.17) is 18.9 Å². The van der Waals surface area contributed by atoms with Crippen molar-refractivity contribution in [3.63, 3.8) is 0 Å². The Bertz CT molecular complexity index is 965. The molecule has 1 aliphatic rings. The van der Waals surface area contributed by atoms with Crippen LogP contribution in [-0.2, 0) is 0 Å². The van der Waals surface area contributed by atoms with Crippen LogP contribution in [0.15, 0.2) is 47.7 Å². The van der Waals surface area contributed by atoms with Crippen LogP contribution >= 0.6 is 0 Å². The molecule has 0 aliphatic carbocycles. The lowest BCUT2D eigenvalue weighted by Crippen LogP contribution is -2.00. The van der Waals surface area contributed by atoms with Gasteiger partial charge in [0.1, 0.15) is 29.6 Å². The maximum atomic E-state index is 12.9. The molecule has 0 bridgehead atoms. The van der Waals surface area contributed by atoms with E-state index in [2.05, 4.69) is 0 Å². The number of benzene rings is 2. The molecule has 0 amide bonds. The lowest BCUT2D eigenvalue weighted by molar-refractivity contribution is 0.101. The number of allylic oxidation sites excluding steroid dienone is 2. The van der Waals surface area contributed by atoms with Gasteiger partial charge >= 0.3 is 0 Å². The van der Waals surface area contributed by atoms with Crippen LogP contribution in [0.25, 0.3) is 6.08 Å². The van der Waals surface area contributed by atoms with Gasteiger partial charge in [0.2, 0.25) is 5.78 Å². The van der Waals surface area contributed by atoms with Crippen molar-refractivity contribution in [3.8, 4) is 23.0 Å². The van der Waals surface area contributed by atoms with Crippen molar-refractivity contribution in [3.05, 3.63) is 64.4 Å². The minimum atomic E-state index is -0.152. The van der Waals surface area contributed by atoms with Gasteiger partial charge in [0.05, 0.1) is 19.8 Å². The largest absolute Gasteiger partial charge is 0.497 e. The fourth-order valence-electron chi connectivity index (χ4n) is 2.94. The number of carbonyl (C=O) groups excluding carboxylic acids is 1. The second-order valence-electron chi connectivity index (χ2n) is 6.75. The molecule has 5 nitrogen and oxygen atoms in total. The number of carbonyl (C=O) groups is 1. The van der Waals surface area contributed by atoms with E-state index in [1.807, 2.05) is 45.0 Å². The summed E-state index contributed by atoms with van der Waals surface area (Å²) in [6.07, 6.45) is 3.68. The van der Waals surface area contributed by atoms with Crippen molar-refractivity contribution in [1.82, 2.24) is 0 Å². The summed E-state index contributed by atoms with van der Waals surface area (Å²) in [5.41, 5.74) is 3.30. The molecule has 0 saturated heterocycles. The SMILES string of the molecule is COc1ccc(/C=C2\Oc3cc(OCC=C(C)C)cc(C)c3C2=O)c(OC)c1. The average molecular weight is 380 g/mol. The van der Waals surface area contributed by atoms with Gasteiger partial charge < -0.3 is 18.9 Å². The van der Waals surface area contributed by atoms with E-state index in [1.165, 1.54) is 5.57 Å². The van der Waals surface area contributed by atoms with E-state index in [0.717, 1.165) is 11.1 Å². The zero-order valence-corrected chi connectivity index (χ0v) is 16.8. The fourth-order valence-corrected chi connectivity index (χ4v) is 2.94. The first kappa shape index (κ1) is 19.5. The van der Waals surface area contributed by atoms with Crippen molar-refractivity contribution in [1.29, 1.82) is 0 Å². The van der Waals surface area contributed by atoms with E-state index >= 15 is 0 Å². The van der Waals surface area contributed by atoms with Gasteiger partial charge in [-0.2, -0.15) is 0 Å². The summed E-state index contributed by atoms with van der Waals surface area (Å²) >= 11 is 0. The zero-order valence-electron chi connectivity index (χ0n) is 16.8. The van der Waals surface area contributed by atoms with E-state index in [-0.39, 0.29) is 11.5 Å². The summed E-state index contributed by atoms with van der Waals surface area (Å²) in [6.45, 7) is 6.39. The zero-order chi connectivity index (χ0) is 20.3. The Kier molecular flexibility index (Phi) is 5.73. The molecule has 0 aromatic heterocycles. The summed E-state index contributed by atoms with van der Waals surface area (Å²) < 4.78 is 22.2. The first-order chi connectivity index (χ1) is 13.4. The molecule has 1 heterocycles. The van der Waals surface area contributed by atoms with Crippen molar-refractivity contribution in [2.45, 2.75) is 20.8 Å². The Hall–Kier alpha value is -3.21. The lowest BCUT2D eigenvalue weighted by atomic mass is 10.0. The Morgan fingerprint density at radius 1 is 1.07 bits per heavy atom. The van der Waals surface area contributed by atoms with Gasteiger partial charge in [0.25, 0.3) is 0 Å². The van der Waals surface area contributed by atoms with Crippen LogP contribution in [0.1, 0.15) is 35.3 Å². The van der Waals surface area contributed by atoms with Gasteiger partial charge in [-0.3, -0.25) is 4.79 Å². The maximum absolute atomic E-state index is 12.9. The molecule has 0 spiro atoms. The minimum absolute atomic E-state index is 0.152. The number of methoxy groups -OCH3 is 2. The third-order valence-corrected chi connectivity index (χ3v) is 4.41. The minimum Gasteiger partial charge on any atom is -0.497 e. The van der Waals surface area contributed by atoms with Crippen LogP contribution in [-0.4, -0.2) is 26.6 Å². The van der Waals surface area contributed by atoms with Gasteiger partial charge in [0, 0.05) is 17.7 Å². The molecular weight excluding hydrogens is 356 g/mol. The number of aryl methyl sites for hydroxylation is 1. The third-order valence-electron chi connectivity index (χ3n) is 4.41. The summed E-state index contributed by atoms with van der Waals surface area (Å²) in [4.78, 5) is 12.9. The predicted molar refractivity (Wildman–Crippen MR) is 109 cm³/mol. The molecular formula is C23H24O5. The standard InChI is InChI=1S/C23H24O5/c1-14(2)8-9-27-18-10-15(3)22-20(13-18)28-21(23(22)24)11-16-6-7-17(25-4)12-19(16)26-5/h6-8,10-13H,9H2,1-5H3/b21-11-. The lowest BCUT2D eigenvalue weighted by Gasteiger charge is -2.08. The molecule has 0 N–H and O–H groups in total. The average Bonchev–Trinajstić information content (AvgIpc) is 2.97. The van der Waals surface area contributed by atoms with Gasteiger partial charge in [-0.1, -0.05) is 5.57 Å². The topological polar surface area (TPSA) is 54.0 Å². The monoisotopic (exact) mass is 380 g/mol. The molecule has 3 rings (SSSR count). The highest BCUT2D eigenvalue weighted by molar-refractivity contribution is 6.15. The smallest absolute Gasteiger partial charge is 0.232 e. The number of ether oxygens (including phenoxy) is 4. The van der Waals surface area contributed by atoms with E-state index in [1.54, 1.807) is 32.4 Å². The molecule has 1 aliphatic heterocycles. The Balaban J connectivity index is 1.90. The molecule has 0 radical (unpaired) electrons. The Morgan fingerprint density at radius 2 is 1.86 bits per heavy atom. The molecule has 2 aromatic carbocycles. The first-order valence-corrected chi connectivity index (χ1v) is 9.00. The van der Waals surface area contributed by atoms with Crippen LogP contribution in [0, 0.1) is 6.92 Å². The van der Waals surface area contributed by atoms with Gasteiger partial charge in [-0.05, 0) is 56.7 Å². The summed E-state index contributed by atoms with van der Waals surface area (Å²) in [5.74, 6) is 2.56. The highest BCUT2D eigenvalue weighted by Crippen LogP contribution is 2.38. The Morgan fingerprint density at radius 3 is 2.54 bits per heavy atom. The molecule has 28 heavy (non-hydrogen) atoms. The number of fused-ring (bicyclic) bond motifs is 1. The molecule has 0 fully saturated rings. The first-order valence-electron chi connectivity index (χ1n) is 9.00. The van der Waals surface area contributed by atoms with Crippen molar-refractivity contribution in [2.24, 2.45) is 0 Å². The van der Waals surface area contributed by atoms with Gasteiger partial charge in [-0.25, -0.2) is 0 Å². The molecule has 146 valence electrons. The second-order valence-corrected chi connectivity index (χ2v) is 6.75. The van der Waals surface area contributed by atoms with Crippen LogP contribution < -0.4 is 18.9 Å². The van der Waals surface area contributed by atoms with E-state index in [9.17, 15) is 4.79 Å². The highest BCUT2D eigenvalue weighted by Gasteiger charge is 2.30. The molecule has 0 unspecified atom stereocenters. The van der Waals surface area contributed by atoms with Gasteiger partial charge in [-0.15, -0.1) is 0 Å². The van der Waals surface area contributed by atoms with Crippen LogP contribution in [0.4, 0.5) is 0 Å². The Labute approximate surface area is 165 Å². The second kappa shape index (κ2) is 8.21. The summed E-state index contributed by atoms with van der Waals surface area (Å²) in [6, 6.07) is 9.01. The number of rotatable bonds is 6. The molecule has 2 aromatic rings. The quantitative estimate of drug-likeness (QED) is 0.523. The van der Waals surface area contributed by atoms with Crippen LogP contribution in [0.3, 0.4) is 0 Å². The molecule has 0 atom stereocenters. The highest BCUT2D eigenvalue weighted by atomic mass is 16.5. The van der Waals surface area contributed by atoms with E-state index < -0.39 is 0 Å². The number of hydrogen-bond donors (Lipinski definition) is 0. The van der Waals surface area contributed by atoms with Crippen LogP contribution in [0.2, 0.25) is 0 Å².